The lowest BCUT2D eigenvalue weighted by molar-refractivity contribution is -0.112. The zero-order valence-electron chi connectivity index (χ0n) is 21.7. The molecule has 0 amide bonds. The third kappa shape index (κ3) is 8.94. The van der Waals surface area contributed by atoms with E-state index in [-0.39, 0.29) is 18.1 Å². The minimum Gasteiger partial charge on any atom is -0.396 e. The first kappa shape index (κ1) is 30.4. The van der Waals surface area contributed by atoms with Gasteiger partial charge in [0.05, 0.1) is 21.0 Å². The summed E-state index contributed by atoms with van der Waals surface area (Å²) < 4.78 is 0.663. The summed E-state index contributed by atoms with van der Waals surface area (Å²) >= 11 is 9.03. The molecule has 1 aliphatic heterocycles. The van der Waals surface area contributed by atoms with Crippen molar-refractivity contribution in [1.82, 2.24) is 9.91 Å². The Morgan fingerprint density at radius 1 is 1.33 bits per heavy atom. The highest BCUT2D eigenvalue weighted by molar-refractivity contribution is 8.03. The molecule has 2 aromatic rings. The van der Waals surface area contributed by atoms with Gasteiger partial charge in [0.1, 0.15) is 12.3 Å². The SMILES string of the molecule is CC(C)C(C=O)N(N)/C=C(\N)c1ccc(Cl)s1.CC/C=C(/Sc1ccccc1C)C1CC(O)CN1C. The number of carbonyl (C=O) groups excluding carboxylic acids is 1. The average Bonchev–Trinajstić information content (AvgIpc) is 3.40. The molecular formula is C27H39ClN4O2S2. The Morgan fingerprint density at radius 3 is 2.53 bits per heavy atom. The monoisotopic (exact) mass is 550 g/mol. The fourth-order valence-electron chi connectivity index (χ4n) is 3.90. The van der Waals surface area contributed by atoms with Gasteiger partial charge in [-0.05, 0) is 56.5 Å². The zero-order valence-corrected chi connectivity index (χ0v) is 24.1. The number of hydrogen-bond donors (Lipinski definition) is 3. The van der Waals surface area contributed by atoms with E-state index >= 15 is 0 Å². The van der Waals surface area contributed by atoms with Crippen LogP contribution in [0.5, 0.6) is 0 Å². The molecule has 0 saturated carbocycles. The Labute approximate surface area is 229 Å². The van der Waals surface area contributed by atoms with E-state index in [2.05, 4.69) is 56.1 Å². The summed E-state index contributed by atoms with van der Waals surface area (Å²) in [4.78, 5) is 16.7. The van der Waals surface area contributed by atoms with Gasteiger partial charge >= 0.3 is 0 Å². The van der Waals surface area contributed by atoms with E-state index in [9.17, 15) is 9.90 Å². The molecule has 2 heterocycles. The summed E-state index contributed by atoms with van der Waals surface area (Å²) in [5.41, 5.74) is 7.69. The summed E-state index contributed by atoms with van der Waals surface area (Å²) in [6.45, 7) is 8.94. The van der Waals surface area contributed by atoms with E-state index in [1.807, 2.05) is 31.7 Å². The molecule has 1 fully saturated rings. The van der Waals surface area contributed by atoms with Gasteiger partial charge < -0.3 is 20.6 Å². The quantitative estimate of drug-likeness (QED) is 0.164. The molecule has 6 nitrogen and oxygen atoms in total. The van der Waals surface area contributed by atoms with Gasteiger partial charge in [-0.1, -0.05) is 68.4 Å². The number of carbonyl (C=O) groups is 1. The van der Waals surface area contributed by atoms with Crippen LogP contribution in [0, 0.1) is 12.8 Å². The Kier molecular flexibility index (Phi) is 12.5. The van der Waals surface area contributed by atoms with Crippen LogP contribution in [-0.4, -0.2) is 53.1 Å². The number of rotatable bonds is 9. The molecule has 198 valence electrons. The number of hydrazine groups is 1. The molecule has 3 rings (SSSR count). The first-order valence-corrected chi connectivity index (χ1v) is 14.1. The lowest BCUT2D eigenvalue weighted by Gasteiger charge is -2.24. The molecular weight excluding hydrogens is 512 g/mol. The van der Waals surface area contributed by atoms with Gasteiger partial charge in [-0.15, -0.1) is 11.3 Å². The molecule has 3 atom stereocenters. The smallest absolute Gasteiger partial charge is 0.144 e. The fourth-order valence-corrected chi connectivity index (χ4v) is 6.16. The minimum absolute atomic E-state index is 0.119. The maximum Gasteiger partial charge on any atom is 0.144 e. The van der Waals surface area contributed by atoms with Crippen molar-refractivity contribution in [1.29, 1.82) is 0 Å². The van der Waals surface area contributed by atoms with Crippen LogP contribution >= 0.6 is 34.7 Å². The number of aryl methyl sites for hydroxylation is 1. The van der Waals surface area contributed by atoms with Gasteiger partial charge in [-0.25, -0.2) is 5.84 Å². The Morgan fingerprint density at radius 2 is 2.03 bits per heavy atom. The first-order chi connectivity index (χ1) is 17.1. The molecule has 1 aliphatic rings. The number of nitrogens with two attached hydrogens (primary N) is 2. The molecule has 0 aliphatic carbocycles. The van der Waals surface area contributed by atoms with Crippen LogP contribution in [0.25, 0.3) is 5.70 Å². The number of thiophene rings is 1. The van der Waals surface area contributed by atoms with E-state index < -0.39 is 0 Å². The number of halogens is 1. The van der Waals surface area contributed by atoms with Gasteiger partial charge in [-0.3, -0.25) is 4.90 Å². The molecule has 36 heavy (non-hydrogen) atoms. The number of aliphatic hydroxyl groups excluding tert-OH is 1. The summed E-state index contributed by atoms with van der Waals surface area (Å²) in [5, 5.41) is 11.2. The van der Waals surface area contributed by atoms with Crippen molar-refractivity contribution in [2.24, 2.45) is 17.5 Å². The molecule has 0 spiro atoms. The summed E-state index contributed by atoms with van der Waals surface area (Å²) in [7, 11) is 2.10. The second-order valence-electron chi connectivity index (χ2n) is 9.23. The fraction of sp³-hybridized carbons (Fsp3) is 0.444. The van der Waals surface area contributed by atoms with Crippen molar-refractivity contribution >= 4 is 46.7 Å². The van der Waals surface area contributed by atoms with Gasteiger partial charge in [0.2, 0.25) is 0 Å². The number of β-amino-alcohol motifs (C(OH)–C–C–N with tert-alkyl or cyclic N) is 1. The highest BCUT2D eigenvalue weighted by Crippen LogP contribution is 2.36. The number of aldehydes is 1. The van der Waals surface area contributed by atoms with Crippen LogP contribution in [-0.2, 0) is 4.79 Å². The van der Waals surface area contributed by atoms with Crippen molar-refractivity contribution in [2.75, 3.05) is 13.6 Å². The maximum atomic E-state index is 10.9. The van der Waals surface area contributed by atoms with Crippen LogP contribution < -0.4 is 11.6 Å². The molecule has 0 bridgehead atoms. The second kappa shape index (κ2) is 14.8. The molecule has 9 heteroatoms. The summed E-state index contributed by atoms with van der Waals surface area (Å²) in [6, 6.07) is 12.1. The summed E-state index contributed by atoms with van der Waals surface area (Å²) in [6.07, 6.45) is 6.37. The molecule has 1 aromatic heterocycles. The predicted molar refractivity (Wildman–Crippen MR) is 155 cm³/mol. The molecule has 1 aromatic carbocycles. The number of hydrogen-bond acceptors (Lipinski definition) is 8. The van der Waals surface area contributed by atoms with Gasteiger partial charge in [0.25, 0.3) is 0 Å². The lowest BCUT2D eigenvalue weighted by atomic mass is 10.1. The van der Waals surface area contributed by atoms with E-state index in [1.165, 1.54) is 31.7 Å². The van der Waals surface area contributed by atoms with E-state index in [0.29, 0.717) is 16.1 Å². The highest BCUT2D eigenvalue weighted by atomic mass is 35.5. The predicted octanol–water partition coefficient (Wildman–Crippen LogP) is 5.50. The van der Waals surface area contributed by atoms with Gasteiger partial charge in [0, 0.05) is 28.6 Å². The van der Waals surface area contributed by atoms with E-state index in [1.54, 1.807) is 12.3 Å². The number of nitrogens with zero attached hydrogens (tertiary/aromatic N) is 2. The Balaban J connectivity index is 0.000000255. The molecule has 5 N–H and O–H groups in total. The van der Waals surface area contributed by atoms with Crippen molar-refractivity contribution < 1.29 is 9.90 Å². The first-order valence-electron chi connectivity index (χ1n) is 12.1. The third-order valence-electron chi connectivity index (χ3n) is 5.89. The number of aliphatic hydroxyl groups is 1. The Bertz CT molecular complexity index is 1040. The topological polar surface area (TPSA) is 95.8 Å². The van der Waals surface area contributed by atoms with E-state index in [0.717, 1.165) is 30.5 Å². The Hall–Kier alpha value is -1.81. The largest absolute Gasteiger partial charge is 0.396 e. The van der Waals surface area contributed by atoms with Crippen LogP contribution in [0.1, 0.15) is 44.1 Å². The standard InChI is InChI=1S/C16H23NOS.C11H16ClN3OS/c1-4-7-16(14-10-13(18)11-17(14)3)19-15-9-6-5-8-12(15)2;1-7(2)9(6-16)15(14)5-8(13)10-3-4-11(12)17-10/h5-9,13-14,18H,4,10-11H2,1-3H3;3-7,9H,13-14H2,1-2H3/b16-7+;8-5-. The molecule has 1 saturated heterocycles. The maximum absolute atomic E-state index is 10.9. The van der Waals surface area contributed by atoms with Crippen molar-refractivity contribution in [3.8, 4) is 0 Å². The van der Waals surface area contributed by atoms with Crippen LogP contribution in [0.4, 0.5) is 0 Å². The molecule has 3 unspecified atom stereocenters. The van der Waals surface area contributed by atoms with Crippen molar-refractivity contribution in [3.63, 3.8) is 0 Å². The molecule has 0 radical (unpaired) electrons. The van der Waals surface area contributed by atoms with Gasteiger partial charge in [-0.2, -0.15) is 0 Å². The van der Waals surface area contributed by atoms with Crippen molar-refractivity contribution in [2.45, 2.75) is 63.6 Å². The van der Waals surface area contributed by atoms with Crippen LogP contribution in [0.3, 0.4) is 0 Å². The average molecular weight is 551 g/mol. The van der Waals surface area contributed by atoms with Gasteiger partial charge in [0.15, 0.2) is 0 Å². The zero-order chi connectivity index (χ0) is 26.8. The number of likely N-dealkylation sites (N-methyl/N-ethyl adjacent to an activating group) is 1. The second-order valence-corrected chi connectivity index (χ2v) is 12.1. The third-order valence-corrected chi connectivity index (χ3v) is 8.53. The number of likely N-dealkylation sites (tertiary alicyclic amines) is 1. The highest BCUT2D eigenvalue weighted by Gasteiger charge is 2.31. The minimum atomic E-state index is -0.385. The van der Waals surface area contributed by atoms with E-state index in [4.69, 9.17) is 23.2 Å². The number of allylic oxidation sites excluding steroid dienone is 1. The number of benzene rings is 1. The normalized spacial score (nSPS) is 19.7. The van der Waals surface area contributed by atoms with Crippen LogP contribution in [0.2, 0.25) is 4.34 Å². The van der Waals surface area contributed by atoms with Crippen molar-refractivity contribution in [3.05, 3.63) is 68.4 Å². The van der Waals surface area contributed by atoms with Crippen LogP contribution in [0.15, 0.2) is 58.5 Å². The lowest BCUT2D eigenvalue weighted by Crippen LogP contribution is -2.41. The number of thioether (sulfide) groups is 1. The summed E-state index contributed by atoms with van der Waals surface area (Å²) in [5.74, 6) is 5.91.